The summed E-state index contributed by atoms with van der Waals surface area (Å²) in [6.45, 7) is 5.64. The maximum atomic E-state index is 11.8. The van der Waals surface area contributed by atoms with E-state index in [-0.39, 0.29) is 6.03 Å². The molecule has 4 nitrogen and oxygen atoms in total. The lowest BCUT2D eigenvalue weighted by Crippen LogP contribution is -2.45. The first kappa shape index (κ1) is 14.3. The molecular weight excluding hydrogens is 216 g/mol. The maximum Gasteiger partial charge on any atom is 0.317 e. The fraction of sp³-hybridized carbons (Fsp3) is 0.923. The van der Waals surface area contributed by atoms with E-state index in [9.17, 15) is 4.79 Å². The quantitative estimate of drug-likeness (QED) is 0.726. The van der Waals surface area contributed by atoms with Gasteiger partial charge in [0.15, 0.2) is 0 Å². The van der Waals surface area contributed by atoms with Crippen molar-refractivity contribution in [2.45, 2.75) is 39.0 Å². The molecule has 1 unspecified atom stereocenters. The first-order valence-corrected chi connectivity index (χ1v) is 6.75. The summed E-state index contributed by atoms with van der Waals surface area (Å²) in [5, 5.41) is 3.00. The summed E-state index contributed by atoms with van der Waals surface area (Å²) in [6, 6.07) is 0.114. The first-order chi connectivity index (χ1) is 8.24. The fourth-order valence-corrected chi connectivity index (χ4v) is 2.23. The second-order valence-electron chi connectivity index (χ2n) is 4.98. The molecule has 1 rings (SSSR count). The molecular formula is C13H26N2O2. The Labute approximate surface area is 105 Å². The number of amides is 2. The van der Waals surface area contributed by atoms with Crippen LogP contribution in [0.4, 0.5) is 4.79 Å². The molecule has 1 fully saturated rings. The van der Waals surface area contributed by atoms with Crippen LogP contribution in [-0.2, 0) is 4.74 Å². The molecule has 1 atom stereocenters. The van der Waals surface area contributed by atoms with Gasteiger partial charge in [0.2, 0.25) is 0 Å². The standard InChI is InChI=1S/C13H26N2O2/c1-12-7-6-9-15(11-12)13(16)14-8-4-3-5-10-17-2/h12H,3-11H2,1-2H3,(H,14,16). The molecule has 17 heavy (non-hydrogen) atoms. The molecule has 0 aromatic rings. The number of carbonyl (C=O) groups is 1. The van der Waals surface area contributed by atoms with Gasteiger partial charge in [-0.2, -0.15) is 0 Å². The van der Waals surface area contributed by atoms with Gasteiger partial charge in [0.05, 0.1) is 0 Å². The predicted octanol–water partition coefficient (Wildman–Crippen LogP) is 2.24. The monoisotopic (exact) mass is 242 g/mol. The van der Waals surface area contributed by atoms with Gasteiger partial charge in [-0.1, -0.05) is 6.92 Å². The minimum absolute atomic E-state index is 0.114. The van der Waals surface area contributed by atoms with Gasteiger partial charge in [0.25, 0.3) is 0 Å². The third kappa shape index (κ3) is 5.91. The van der Waals surface area contributed by atoms with Gasteiger partial charge >= 0.3 is 6.03 Å². The lowest BCUT2D eigenvalue weighted by Gasteiger charge is -2.30. The van der Waals surface area contributed by atoms with Crippen molar-refractivity contribution in [3.63, 3.8) is 0 Å². The largest absolute Gasteiger partial charge is 0.385 e. The third-order valence-electron chi connectivity index (χ3n) is 3.25. The summed E-state index contributed by atoms with van der Waals surface area (Å²) in [5.41, 5.74) is 0. The van der Waals surface area contributed by atoms with Crippen molar-refractivity contribution in [1.29, 1.82) is 0 Å². The first-order valence-electron chi connectivity index (χ1n) is 6.75. The summed E-state index contributed by atoms with van der Waals surface area (Å²) in [7, 11) is 1.72. The molecule has 0 saturated carbocycles. The highest BCUT2D eigenvalue weighted by molar-refractivity contribution is 5.74. The molecule has 0 radical (unpaired) electrons. The summed E-state index contributed by atoms with van der Waals surface area (Å²) in [5.74, 6) is 0.649. The lowest BCUT2D eigenvalue weighted by atomic mass is 10.0. The molecule has 0 aliphatic carbocycles. The minimum atomic E-state index is 0.114. The van der Waals surface area contributed by atoms with E-state index in [0.717, 1.165) is 51.9 Å². The van der Waals surface area contributed by atoms with Gasteiger partial charge in [-0.15, -0.1) is 0 Å². The van der Waals surface area contributed by atoms with E-state index >= 15 is 0 Å². The molecule has 1 N–H and O–H groups in total. The van der Waals surface area contributed by atoms with Gasteiger partial charge < -0.3 is 15.0 Å². The van der Waals surface area contributed by atoms with Crippen molar-refractivity contribution in [2.24, 2.45) is 5.92 Å². The van der Waals surface area contributed by atoms with Crippen LogP contribution in [0.25, 0.3) is 0 Å². The van der Waals surface area contributed by atoms with Crippen molar-refractivity contribution in [3.8, 4) is 0 Å². The van der Waals surface area contributed by atoms with Crippen LogP contribution in [0.1, 0.15) is 39.0 Å². The second-order valence-corrected chi connectivity index (χ2v) is 4.98. The molecule has 0 aromatic carbocycles. The van der Waals surface area contributed by atoms with Gasteiger partial charge in [-0.05, 0) is 38.0 Å². The number of hydrogen-bond acceptors (Lipinski definition) is 2. The van der Waals surface area contributed by atoms with Crippen LogP contribution in [0.2, 0.25) is 0 Å². The summed E-state index contributed by atoms with van der Waals surface area (Å²) < 4.78 is 4.98. The highest BCUT2D eigenvalue weighted by Gasteiger charge is 2.20. The summed E-state index contributed by atoms with van der Waals surface area (Å²) in [6.07, 6.45) is 5.62. The number of ether oxygens (including phenoxy) is 1. The lowest BCUT2D eigenvalue weighted by molar-refractivity contribution is 0.169. The molecule has 100 valence electrons. The van der Waals surface area contributed by atoms with E-state index in [1.165, 1.54) is 6.42 Å². The van der Waals surface area contributed by atoms with Crippen molar-refractivity contribution in [3.05, 3.63) is 0 Å². The van der Waals surface area contributed by atoms with E-state index in [1.807, 2.05) is 4.90 Å². The number of methoxy groups -OCH3 is 1. The number of hydrogen-bond donors (Lipinski definition) is 1. The molecule has 1 heterocycles. The Bertz CT molecular complexity index is 221. The molecule has 0 spiro atoms. The number of nitrogens with one attached hydrogen (secondary N) is 1. The summed E-state index contributed by atoms with van der Waals surface area (Å²) in [4.78, 5) is 13.8. The van der Waals surface area contributed by atoms with Crippen LogP contribution in [0.15, 0.2) is 0 Å². The predicted molar refractivity (Wildman–Crippen MR) is 69.1 cm³/mol. The Morgan fingerprint density at radius 3 is 2.94 bits per heavy atom. The number of likely N-dealkylation sites (tertiary alicyclic amines) is 1. The average Bonchev–Trinajstić information content (AvgIpc) is 2.33. The molecule has 0 bridgehead atoms. The van der Waals surface area contributed by atoms with E-state index in [0.29, 0.717) is 5.92 Å². The van der Waals surface area contributed by atoms with Gasteiger partial charge in [0.1, 0.15) is 0 Å². The SMILES string of the molecule is COCCCCCNC(=O)N1CCCC(C)C1. The number of urea groups is 1. The molecule has 1 aliphatic rings. The van der Waals surface area contributed by atoms with Crippen LogP contribution in [-0.4, -0.2) is 44.3 Å². The molecule has 1 aliphatic heterocycles. The number of unbranched alkanes of at least 4 members (excludes halogenated alkanes) is 2. The van der Waals surface area contributed by atoms with Gasteiger partial charge in [0, 0.05) is 33.4 Å². The van der Waals surface area contributed by atoms with Crippen LogP contribution in [0.5, 0.6) is 0 Å². The number of carbonyl (C=O) groups excluding carboxylic acids is 1. The van der Waals surface area contributed by atoms with Crippen molar-refractivity contribution < 1.29 is 9.53 Å². The Morgan fingerprint density at radius 1 is 1.41 bits per heavy atom. The second kappa shape index (κ2) is 8.34. The number of rotatable bonds is 6. The smallest absolute Gasteiger partial charge is 0.317 e. The Hall–Kier alpha value is -0.770. The Kier molecular flexibility index (Phi) is 7.01. The number of piperidine rings is 1. The van der Waals surface area contributed by atoms with Crippen LogP contribution in [0.3, 0.4) is 0 Å². The highest BCUT2D eigenvalue weighted by Crippen LogP contribution is 2.15. The topological polar surface area (TPSA) is 41.6 Å². The molecule has 1 saturated heterocycles. The normalized spacial score (nSPS) is 20.4. The van der Waals surface area contributed by atoms with E-state index in [1.54, 1.807) is 7.11 Å². The zero-order chi connectivity index (χ0) is 12.5. The Balaban J connectivity index is 2.04. The van der Waals surface area contributed by atoms with E-state index < -0.39 is 0 Å². The zero-order valence-electron chi connectivity index (χ0n) is 11.2. The third-order valence-corrected chi connectivity index (χ3v) is 3.25. The fourth-order valence-electron chi connectivity index (χ4n) is 2.23. The minimum Gasteiger partial charge on any atom is -0.385 e. The van der Waals surface area contributed by atoms with Gasteiger partial charge in [-0.25, -0.2) is 4.79 Å². The summed E-state index contributed by atoms with van der Waals surface area (Å²) >= 11 is 0. The van der Waals surface area contributed by atoms with E-state index in [4.69, 9.17) is 4.74 Å². The van der Waals surface area contributed by atoms with Crippen LogP contribution in [0, 0.1) is 5.92 Å². The maximum absolute atomic E-state index is 11.8. The molecule has 0 aromatic heterocycles. The highest BCUT2D eigenvalue weighted by atomic mass is 16.5. The Morgan fingerprint density at radius 2 is 2.24 bits per heavy atom. The number of nitrogens with zero attached hydrogens (tertiary/aromatic N) is 1. The van der Waals surface area contributed by atoms with Crippen molar-refractivity contribution >= 4 is 6.03 Å². The van der Waals surface area contributed by atoms with Crippen LogP contribution >= 0.6 is 0 Å². The van der Waals surface area contributed by atoms with E-state index in [2.05, 4.69) is 12.2 Å². The molecule has 2 amide bonds. The molecule has 4 heteroatoms. The zero-order valence-corrected chi connectivity index (χ0v) is 11.2. The average molecular weight is 242 g/mol. The van der Waals surface area contributed by atoms with Crippen molar-refractivity contribution in [1.82, 2.24) is 10.2 Å². The van der Waals surface area contributed by atoms with Crippen LogP contribution < -0.4 is 5.32 Å². The van der Waals surface area contributed by atoms with Crippen molar-refractivity contribution in [2.75, 3.05) is 33.4 Å². The van der Waals surface area contributed by atoms with Gasteiger partial charge in [-0.3, -0.25) is 0 Å².